The van der Waals surface area contributed by atoms with Gasteiger partial charge in [-0.05, 0) is 62.9 Å². The molecule has 7 aromatic carbocycles. The molecule has 0 N–H and O–H groups in total. The number of nitrogens with zero attached hydrogens (tertiary/aromatic N) is 3. The van der Waals surface area contributed by atoms with Crippen molar-refractivity contribution in [1.82, 2.24) is 15.0 Å². The minimum absolute atomic E-state index is 0.146. The number of para-hydroxylation sites is 1. The molecule has 0 unspecified atom stereocenters. The van der Waals surface area contributed by atoms with Crippen LogP contribution in [0.3, 0.4) is 0 Å². The zero-order valence-corrected chi connectivity index (χ0v) is 28.1. The molecule has 10 rings (SSSR count). The van der Waals surface area contributed by atoms with Gasteiger partial charge in [0.1, 0.15) is 0 Å². The lowest BCUT2D eigenvalue weighted by atomic mass is 9.82. The first-order valence-corrected chi connectivity index (χ1v) is 17.2. The first-order chi connectivity index (χ1) is 25.0. The van der Waals surface area contributed by atoms with Gasteiger partial charge in [-0.3, -0.25) is 0 Å². The average Bonchev–Trinajstić information content (AvgIpc) is 3.41. The quantitative estimate of drug-likeness (QED) is 0.188. The fourth-order valence-corrected chi connectivity index (χ4v) is 7.61. The third-order valence-corrected chi connectivity index (χ3v) is 10.2. The second-order valence-electron chi connectivity index (χ2n) is 13.6. The monoisotopic (exact) mass is 657 g/mol. The highest BCUT2D eigenvalue weighted by Gasteiger charge is 2.37. The van der Waals surface area contributed by atoms with Gasteiger partial charge >= 0.3 is 0 Å². The zero-order chi connectivity index (χ0) is 34.1. The largest absolute Gasteiger partial charge is 0.449 e. The number of rotatable bonds is 4. The van der Waals surface area contributed by atoms with E-state index in [4.69, 9.17) is 24.4 Å². The summed E-state index contributed by atoms with van der Waals surface area (Å²) < 4.78 is 13.3. The Morgan fingerprint density at radius 3 is 1.94 bits per heavy atom. The van der Waals surface area contributed by atoms with Crippen molar-refractivity contribution in [3.8, 4) is 79.4 Å². The van der Waals surface area contributed by atoms with Crippen LogP contribution in [0.4, 0.5) is 0 Å². The Bertz CT molecular complexity index is 2680. The highest BCUT2D eigenvalue weighted by atomic mass is 16.6. The van der Waals surface area contributed by atoms with Crippen LogP contribution in [-0.2, 0) is 5.41 Å². The molecule has 0 fully saturated rings. The summed E-state index contributed by atoms with van der Waals surface area (Å²) in [5, 5.41) is 2.23. The van der Waals surface area contributed by atoms with Crippen LogP contribution in [0.5, 0.6) is 23.0 Å². The van der Waals surface area contributed by atoms with Gasteiger partial charge in [0.05, 0.1) is 0 Å². The first kappa shape index (κ1) is 29.3. The van der Waals surface area contributed by atoms with Crippen molar-refractivity contribution in [2.45, 2.75) is 19.3 Å². The highest BCUT2D eigenvalue weighted by molar-refractivity contribution is 5.95. The standard InChI is InChI=1S/C46H31N3O2/c1-46(2)37-23-9-8-20-34(37)36-26-40-41(27-38(36)46)51-42-33(21-12-24-39(42)50-40)30-17-10-18-31(25-30)44-47-43(29-14-4-3-5-15-29)48-45(49-44)35-22-11-16-28-13-6-7-19-32(28)35/h3-27H,1-2H3. The number of aromatic nitrogens is 3. The van der Waals surface area contributed by atoms with Gasteiger partial charge in [-0.15, -0.1) is 0 Å². The van der Waals surface area contributed by atoms with Gasteiger partial charge in [0.25, 0.3) is 0 Å². The molecular formula is C46H31N3O2. The second kappa shape index (κ2) is 11.2. The van der Waals surface area contributed by atoms with Gasteiger partial charge in [-0.1, -0.05) is 141 Å². The Morgan fingerprint density at radius 2 is 1.04 bits per heavy atom. The van der Waals surface area contributed by atoms with Crippen LogP contribution >= 0.6 is 0 Å². The number of hydrogen-bond donors (Lipinski definition) is 0. The van der Waals surface area contributed by atoms with Crippen LogP contribution in [0.1, 0.15) is 25.0 Å². The summed E-state index contributed by atoms with van der Waals surface area (Å²) in [6.45, 7) is 4.54. The van der Waals surface area contributed by atoms with Crippen molar-refractivity contribution < 1.29 is 9.47 Å². The summed E-state index contributed by atoms with van der Waals surface area (Å²) in [6, 6.07) is 51.9. The predicted molar refractivity (Wildman–Crippen MR) is 203 cm³/mol. The molecule has 0 saturated carbocycles. The van der Waals surface area contributed by atoms with E-state index in [9.17, 15) is 0 Å². The number of benzene rings is 7. The molecule has 0 bridgehead atoms. The molecule has 1 aromatic heterocycles. The lowest BCUT2D eigenvalue weighted by Crippen LogP contribution is -2.15. The molecule has 0 spiro atoms. The van der Waals surface area contributed by atoms with Gasteiger partial charge in [0.2, 0.25) is 0 Å². The summed E-state index contributed by atoms with van der Waals surface area (Å²) >= 11 is 0. The number of hydrogen-bond acceptors (Lipinski definition) is 5. The fourth-order valence-electron chi connectivity index (χ4n) is 7.61. The van der Waals surface area contributed by atoms with E-state index in [1.54, 1.807) is 0 Å². The normalized spacial score (nSPS) is 13.4. The van der Waals surface area contributed by atoms with Gasteiger partial charge in [0, 0.05) is 27.7 Å². The molecule has 1 aliphatic carbocycles. The lowest BCUT2D eigenvalue weighted by Gasteiger charge is -2.26. The van der Waals surface area contributed by atoms with Crippen molar-refractivity contribution in [2.24, 2.45) is 0 Å². The van der Waals surface area contributed by atoms with Crippen LogP contribution in [0.2, 0.25) is 0 Å². The molecule has 5 heteroatoms. The molecule has 2 aliphatic rings. The summed E-state index contributed by atoms with van der Waals surface area (Å²) in [4.78, 5) is 15.1. The van der Waals surface area contributed by atoms with Crippen LogP contribution in [0.25, 0.3) is 67.2 Å². The Morgan fingerprint density at radius 1 is 0.412 bits per heavy atom. The van der Waals surface area contributed by atoms with E-state index in [0.717, 1.165) is 50.1 Å². The van der Waals surface area contributed by atoms with Crippen molar-refractivity contribution in [1.29, 1.82) is 0 Å². The minimum Gasteiger partial charge on any atom is -0.449 e. The van der Waals surface area contributed by atoms with Crippen LogP contribution in [0.15, 0.2) is 152 Å². The van der Waals surface area contributed by atoms with Crippen molar-refractivity contribution in [3.05, 3.63) is 163 Å². The van der Waals surface area contributed by atoms with Gasteiger partial charge in [0.15, 0.2) is 40.5 Å². The first-order valence-electron chi connectivity index (χ1n) is 17.2. The van der Waals surface area contributed by atoms with Crippen molar-refractivity contribution in [3.63, 3.8) is 0 Å². The Hall–Kier alpha value is -6.59. The molecule has 0 radical (unpaired) electrons. The van der Waals surface area contributed by atoms with Gasteiger partial charge in [-0.2, -0.15) is 0 Å². The molecule has 51 heavy (non-hydrogen) atoms. The maximum Gasteiger partial charge on any atom is 0.177 e. The topological polar surface area (TPSA) is 57.1 Å². The molecule has 5 nitrogen and oxygen atoms in total. The third-order valence-electron chi connectivity index (χ3n) is 10.2. The molecular weight excluding hydrogens is 627 g/mol. The molecule has 8 aromatic rings. The maximum absolute atomic E-state index is 6.75. The highest BCUT2D eigenvalue weighted by Crippen LogP contribution is 2.56. The molecule has 0 amide bonds. The third kappa shape index (κ3) is 4.73. The molecule has 2 heterocycles. The lowest BCUT2D eigenvalue weighted by molar-refractivity contribution is 0.360. The summed E-state index contributed by atoms with van der Waals surface area (Å²) in [6.07, 6.45) is 0. The van der Waals surface area contributed by atoms with E-state index in [1.165, 1.54) is 22.3 Å². The van der Waals surface area contributed by atoms with E-state index in [1.807, 2.05) is 66.7 Å². The average molecular weight is 658 g/mol. The summed E-state index contributed by atoms with van der Waals surface area (Å²) in [5.74, 6) is 4.65. The molecule has 0 atom stereocenters. The fraction of sp³-hybridized carbons (Fsp3) is 0.0652. The smallest absolute Gasteiger partial charge is 0.177 e. The van der Waals surface area contributed by atoms with Crippen molar-refractivity contribution in [2.75, 3.05) is 0 Å². The zero-order valence-electron chi connectivity index (χ0n) is 28.1. The van der Waals surface area contributed by atoms with Crippen LogP contribution < -0.4 is 9.47 Å². The Balaban J connectivity index is 1.07. The number of fused-ring (bicyclic) bond motifs is 6. The van der Waals surface area contributed by atoms with Crippen LogP contribution in [0, 0.1) is 0 Å². The predicted octanol–water partition coefficient (Wildman–Crippen LogP) is 11.9. The van der Waals surface area contributed by atoms with E-state index in [0.29, 0.717) is 29.0 Å². The Labute approximate surface area is 295 Å². The van der Waals surface area contributed by atoms with E-state index < -0.39 is 0 Å². The van der Waals surface area contributed by atoms with Crippen molar-refractivity contribution >= 4 is 10.8 Å². The Kier molecular flexibility index (Phi) is 6.46. The molecule has 242 valence electrons. The molecule has 1 aliphatic heterocycles. The van der Waals surface area contributed by atoms with Gasteiger partial charge < -0.3 is 9.47 Å². The molecule has 0 saturated heterocycles. The second-order valence-corrected chi connectivity index (χ2v) is 13.6. The van der Waals surface area contributed by atoms with E-state index >= 15 is 0 Å². The maximum atomic E-state index is 6.75. The van der Waals surface area contributed by atoms with Gasteiger partial charge in [-0.25, -0.2) is 15.0 Å². The van der Waals surface area contributed by atoms with Crippen LogP contribution in [-0.4, -0.2) is 15.0 Å². The van der Waals surface area contributed by atoms with E-state index in [-0.39, 0.29) is 5.41 Å². The number of ether oxygens (including phenoxy) is 2. The summed E-state index contributed by atoms with van der Waals surface area (Å²) in [7, 11) is 0. The SMILES string of the molecule is CC1(C)c2ccccc2-c2cc3c(cc21)Oc1c(cccc1-c1cccc(-c2nc(-c4ccccc4)nc(-c4cccc5ccccc45)n2)c1)O3. The summed E-state index contributed by atoms with van der Waals surface area (Å²) in [5.41, 5.74) is 9.51. The van der Waals surface area contributed by atoms with E-state index in [2.05, 4.69) is 98.8 Å². The minimum atomic E-state index is -0.146.